The molecule has 4 nitrogen and oxygen atoms in total. The second kappa shape index (κ2) is 13.1. The Labute approximate surface area is 227 Å². The van der Waals surface area contributed by atoms with Gasteiger partial charge < -0.3 is 10.1 Å². The van der Waals surface area contributed by atoms with Crippen molar-refractivity contribution in [3.05, 3.63) is 100 Å². The highest BCUT2D eigenvalue weighted by Gasteiger charge is 2.23. The number of benzene rings is 3. The Morgan fingerprint density at radius 3 is 2.63 bits per heavy atom. The molecule has 0 spiro atoms. The lowest BCUT2D eigenvalue weighted by Crippen LogP contribution is -2.36. The van der Waals surface area contributed by atoms with E-state index in [1.165, 1.54) is 29.7 Å². The van der Waals surface area contributed by atoms with E-state index >= 15 is 0 Å². The van der Waals surface area contributed by atoms with Gasteiger partial charge in [-0.15, -0.1) is 0 Å². The maximum Gasteiger partial charge on any atom is 0.251 e. The van der Waals surface area contributed by atoms with Crippen molar-refractivity contribution in [1.82, 2.24) is 10.2 Å². The molecule has 1 aliphatic rings. The number of nitrogens with one attached hydrogen (secondary N) is 1. The van der Waals surface area contributed by atoms with Crippen LogP contribution >= 0.6 is 0 Å². The Hall–Kier alpha value is -3.18. The van der Waals surface area contributed by atoms with Crippen molar-refractivity contribution in [3.8, 4) is 5.75 Å². The molecule has 2 bridgehead atoms. The Morgan fingerprint density at radius 2 is 1.82 bits per heavy atom. The molecular formula is C33H41FN2O2. The molecule has 0 unspecified atom stereocenters. The first-order chi connectivity index (χ1) is 18.3. The van der Waals surface area contributed by atoms with Crippen LogP contribution in [0.15, 0.2) is 66.7 Å². The molecule has 1 heterocycles. The first kappa shape index (κ1) is 27.8. The fourth-order valence-corrected chi connectivity index (χ4v) is 5.11. The van der Waals surface area contributed by atoms with Crippen molar-refractivity contribution < 1.29 is 13.9 Å². The van der Waals surface area contributed by atoms with Crippen LogP contribution in [0.2, 0.25) is 0 Å². The van der Waals surface area contributed by atoms with Crippen molar-refractivity contribution in [2.75, 3.05) is 26.2 Å². The van der Waals surface area contributed by atoms with E-state index in [4.69, 9.17) is 4.74 Å². The van der Waals surface area contributed by atoms with Crippen molar-refractivity contribution in [3.63, 3.8) is 0 Å². The van der Waals surface area contributed by atoms with Gasteiger partial charge in [0.1, 0.15) is 11.6 Å². The topological polar surface area (TPSA) is 41.6 Å². The van der Waals surface area contributed by atoms with Gasteiger partial charge in [-0.3, -0.25) is 9.69 Å². The minimum atomic E-state index is -0.402. The van der Waals surface area contributed by atoms with Gasteiger partial charge in [-0.2, -0.15) is 0 Å². The normalized spacial score (nSPS) is 15.2. The Balaban J connectivity index is 1.53. The SMILES string of the molecule is CCCN1CCCCCOc2ccc(C(=O)NCC(C)(C)c3cccc(F)c3)cc2Cc2cccc(c2)C1. The lowest BCUT2D eigenvalue weighted by molar-refractivity contribution is 0.0945. The van der Waals surface area contributed by atoms with Crippen LogP contribution in [0, 0.1) is 5.82 Å². The molecule has 0 aromatic heterocycles. The first-order valence-electron chi connectivity index (χ1n) is 13.9. The number of hydrogen-bond donors (Lipinski definition) is 1. The molecule has 5 heteroatoms. The summed E-state index contributed by atoms with van der Waals surface area (Å²) in [7, 11) is 0. The van der Waals surface area contributed by atoms with Crippen LogP contribution in [0.5, 0.6) is 5.75 Å². The van der Waals surface area contributed by atoms with E-state index in [-0.39, 0.29) is 11.7 Å². The van der Waals surface area contributed by atoms with Crippen LogP contribution in [-0.4, -0.2) is 37.0 Å². The summed E-state index contributed by atoms with van der Waals surface area (Å²) in [6.45, 7) is 10.5. The van der Waals surface area contributed by atoms with E-state index in [0.717, 1.165) is 55.8 Å². The lowest BCUT2D eigenvalue weighted by atomic mass is 9.84. The number of fused-ring (bicyclic) bond motifs is 3. The monoisotopic (exact) mass is 516 g/mol. The number of amides is 1. The summed E-state index contributed by atoms with van der Waals surface area (Å²) >= 11 is 0. The summed E-state index contributed by atoms with van der Waals surface area (Å²) in [4.78, 5) is 15.7. The molecule has 0 saturated heterocycles. The Kier molecular flexibility index (Phi) is 9.57. The lowest BCUT2D eigenvalue weighted by Gasteiger charge is -2.26. The quantitative estimate of drug-likeness (QED) is 0.388. The Morgan fingerprint density at radius 1 is 1.00 bits per heavy atom. The van der Waals surface area contributed by atoms with Crippen molar-refractivity contribution >= 4 is 5.91 Å². The average molecular weight is 517 g/mol. The molecule has 1 aliphatic heterocycles. The zero-order chi connectivity index (χ0) is 27.0. The number of hydrogen-bond acceptors (Lipinski definition) is 3. The summed E-state index contributed by atoms with van der Waals surface area (Å²) in [5.41, 5.74) is 4.61. The predicted molar refractivity (Wildman–Crippen MR) is 152 cm³/mol. The van der Waals surface area contributed by atoms with Gasteiger partial charge in [0.2, 0.25) is 0 Å². The maximum absolute atomic E-state index is 13.8. The van der Waals surface area contributed by atoms with Gasteiger partial charge in [0.05, 0.1) is 6.61 Å². The first-order valence-corrected chi connectivity index (χ1v) is 13.9. The molecule has 202 valence electrons. The molecule has 0 fully saturated rings. The molecule has 4 rings (SSSR count). The van der Waals surface area contributed by atoms with E-state index in [9.17, 15) is 9.18 Å². The maximum atomic E-state index is 13.8. The van der Waals surface area contributed by atoms with E-state index in [0.29, 0.717) is 25.1 Å². The van der Waals surface area contributed by atoms with Crippen LogP contribution in [0.3, 0.4) is 0 Å². The number of carbonyl (C=O) groups excluding carboxylic acids is 1. The molecule has 3 aromatic rings. The molecule has 1 N–H and O–H groups in total. The fraction of sp³-hybridized carbons (Fsp3) is 0.424. The molecule has 0 radical (unpaired) electrons. The third kappa shape index (κ3) is 7.67. The summed E-state index contributed by atoms with van der Waals surface area (Å²) in [6, 6.07) is 21.1. The van der Waals surface area contributed by atoms with Crippen LogP contribution in [0.4, 0.5) is 4.39 Å². The smallest absolute Gasteiger partial charge is 0.251 e. The molecule has 0 aliphatic carbocycles. The molecule has 0 saturated carbocycles. The van der Waals surface area contributed by atoms with Gasteiger partial charge in [-0.05, 0) is 91.4 Å². The summed E-state index contributed by atoms with van der Waals surface area (Å²) in [5, 5.41) is 3.06. The minimum absolute atomic E-state index is 0.138. The molecule has 1 amide bonds. The van der Waals surface area contributed by atoms with Crippen molar-refractivity contribution in [1.29, 1.82) is 0 Å². The highest BCUT2D eigenvalue weighted by atomic mass is 19.1. The van der Waals surface area contributed by atoms with Gasteiger partial charge in [0.15, 0.2) is 0 Å². The summed E-state index contributed by atoms with van der Waals surface area (Å²) in [5.74, 6) is 0.438. The minimum Gasteiger partial charge on any atom is -0.493 e. The van der Waals surface area contributed by atoms with Gasteiger partial charge in [-0.25, -0.2) is 4.39 Å². The van der Waals surface area contributed by atoms with Gasteiger partial charge in [0, 0.05) is 30.5 Å². The molecule has 3 aromatic carbocycles. The Bertz CT molecular complexity index is 1220. The standard InChI is InChI=1S/C33H41FN2O2/c1-4-16-36-17-6-5-7-18-38-31-15-14-27(21-28(31)20-25-10-8-11-26(19-25)23-36)32(37)35-24-33(2,3)29-12-9-13-30(34)22-29/h8-15,19,21-22H,4-7,16-18,20,23-24H2,1-3H3,(H,35,37). The van der Waals surface area contributed by atoms with Gasteiger partial charge in [0.25, 0.3) is 5.91 Å². The number of carbonyl (C=O) groups is 1. The van der Waals surface area contributed by atoms with Crippen LogP contribution in [0.25, 0.3) is 0 Å². The number of ether oxygens (including phenoxy) is 1. The molecule has 0 atom stereocenters. The third-order valence-electron chi connectivity index (χ3n) is 7.33. The second-order valence-electron chi connectivity index (χ2n) is 11.1. The van der Waals surface area contributed by atoms with Gasteiger partial charge in [-0.1, -0.05) is 57.2 Å². The summed E-state index contributed by atoms with van der Waals surface area (Å²) < 4.78 is 20.0. The van der Waals surface area contributed by atoms with E-state index in [2.05, 4.69) is 41.4 Å². The zero-order valence-corrected chi connectivity index (χ0v) is 23.1. The predicted octanol–water partition coefficient (Wildman–Crippen LogP) is 6.90. The highest BCUT2D eigenvalue weighted by Crippen LogP contribution is 2.26. The van der Waals surface area contributed by atoms with E-state index < -0.39 is 5.41 Å². The third-order valence-corrected chi connectivity index (χ3v) is 7.33. The highest BCUT2D eigenvalue weighted by molar-refractivity contribution is 5.94. The largest absolute Gasteiger partial charge is 0.493 e. The molecular weight excluding hydrogens is 475 g/mol. The van der Waals surface area contributed by atoms with Crippen LogP contribution in [0.1, 0.15) is 79.1 Å². The van der Waals surface area contributed by atoms with Crippen LogP contribution < -0.4 is 10.1 Å². The summed E-state index contributed by atoms with van der Waals surface area (Å²) in [6.07, 6.45) is 5.17. The number of halogens is 1. The van der Waals surface area contributed by atoms with Crippen molar-refractivity contribution in [2.24, 2.45) is 0 Å². The van der Waals surface area contributed by atoms with E-state index in [1.807, 2.05) is 38.1 Å². The fourth-order valence-electron chi connectivity index (χ4n) is 5.11. The molecule has 38 heavy (non-hydrogen) atoms. The number of nitrogens with zero attached hydrogens (tertiary/aromatic N) is 1. The van der Waals surface area contributed by atoms with Crippen molar-refractivity contribution in [2.45, 2.75) is 64.8 Å². The second-order valence-corrected chi connectivity index (χ2v) is 11.1. The zero-order valence-electron chi connectivity index (χ0n) is 23.1. The van der Waals surface area contributed by atoms with E-state index in [1.54, 1.807) is 6.07 Å². The average Bonchev–Trinajstić information content (AvgIpc) is 2.90. The van der Waals surface area contributed by atoms with Gasteiger partial charge >= 0.3 is 0 Å². The van der Waals surface area contributed by atoms with Crippen LogP contribution in [-0.2, 0) is 18.4 Å². The number of rotatable bonds is 6.